The summed E-state index contributed by atoms with van der Waals surface area (Å²) in [7, 11) is 0. The maximum Gasteiger partial charge on any atom is 0.339 e. The fraction of sp³-hybridized carbons (Fsp3) is 0.438. The Morgan fingerprint density at radius 3 is 2.61 bits per heavy atom. The third-order valence-electron chi connectivity index (χ3n) is 3.60. The predicted molar refractivity (Wildman–Crippen MR) is 87.4 cm³/mol. The molecule has 0 heterocycles. The Labute approximate surface area is 139 Å². The van der Waals surface area contributed by atoms with Crippen molar-refractivity contribution >= 4 is 29.7 Å². The van der Waals surface area contributed by atoms with Gasteiger partial charge < -0.3 is 10.1 Å². The smallest absolute Gasteiger partial charge is 0.339 e. The zero-order chi connectivity index (χ0) is 16.7. The zero-order valence-corrected chi connectivity index (χ0v) is 13.8. The van der Waals surface area contributed by atoms with Crippen molar-refractivity contribution in [3.8, 4) is 0 Å². The first-order valence-corrected chi connectivity index (χ1v) is 8.73. The number of imide groups is 1. The Hall–Kier alpha value is -2.02. The number of hydrogen-bond donors (Lipinski definition) is 2. The van der Waals surface area contributed by atoms with Gasteiger partial charge in [0.2, 0.25) is 0 Å². The van der Waals surface area contributed by atoms with E-state index in [-0.39, 0.29) is 6.04 Å². The zero-order valence-electron chi connectivity index (χ0n) is 13.0. The number of benzene rings is 1. The number of thioether (sulfide) groups is 1. The van der Waals surface area contributed by atoms with Crippen LogP contribution < -0.4 is 10.6 Å². The van der Waals surface area contributed by atoms with Crippen LogP contribution in [0.1, 0.15) is 36.0 Å². The molecule has 0 radical (unpaired) electrons. The number of amides is 3. The van der Waals surface area contributed by atoms with Crippen molar-refractivity contribution in [2.24, 2.45) is 0 Å². The molecule has 1 aliphatic carbocycles. The van der Waals surface area contributed by atoms with Gasteiger partial charge in [0, 0.05) is 10.9 Å². The van der Waals surface area contributed by atoms with Crippen LogP contribution in [-0.2, 0) is 9.53 Å². The minimum Gasteiger partial charge on any atom is -0.452 e. The van der Waals surface area contributed by atoms with Gasteiger partial charge in [-0.05, 0) is 31.2 Å². The molecule has 7 heteroatoms. The van der Waals surface area contributed by atoms with Gasteiger partial charge >= 0.3 is 12.0 Å². The highest BCUT2D eigenvalue weighted by molar-refractivity contribution is 7.98. The molecule has 0 atom stereocenters. The quantitative estimate of drug-likeness (QED) is 0.637. The van der Waals surface area contributed by atoms with Crippen LogP contribution in [0.2, 0.25) is 0 Å². The van der Waals surface area contributed by atoms with Crippen LogP contribution in [0.15, 0.2) is 29.2 Å². The van der Waals surface area contributed by atoms with E-state index >= 15 is 0 Å². The summed E-state index contributed by atoms with van der Waals surface area (Å²) in [4.78, 5) is 36.1. The highest BCUT2D eigenvalue weighted by atomic mass is 32.2. The van der Waals surface area contributed by atoms with Gasteiger partial charge in [-0.3, -0.25) is 10.1 Å². The van der Waals surface area contributed by atoms with Crippen LogP contribution in [0, 0.1) is 0 Å². The molecule has 1 aromatic carbocycles. The lowest BCUT2D eigenvalue weighted by molar-refractivity contribution is -0.123. The van der Waals surface area contributed by atoms with E-state index < -0.39 is 24.5 Å². The van der Waals surface area contributed by atoms with E-state index in [1.807, 2.05) is 12.3 Å². The summed E-state index contributed by atoms with van der Waals surface area (Å²) in [6, 6.07) is 6.57. The summed E-state index contributed by atoms with van der Waals surface area (Å²) in [6.45, 7) is -0.486. The molecule has 1 aliphatic rings. The maximum atomic E-state index is 12.0. The Kier molecular flexibility index (Phi) is 6.46. The van der Waals surface area contributed by atoms with Crippen molar-refractivity contribution in [2.75, 3.05) is 12.9 Å². The number of carbonyl (C=O) groups excluding carboxylic acids is 3. The number of rotatable bonds is 5. The molecular formula is C16H20N2O4S. The SMILES string of the molecule is CSc1ccccc1C(=O)OCC(=O)NC(=O)NC1CCCC1. The molecule has 6 nitrogen and oxygen atoms in total. The summed E-state index contributed by atoms with van der Waals surface area (Å²) >= 11 is 1.42. The molecule has 0 unspecified atom stereocenters. The summed E-state index contributed by atoms with van der Waals surface area (Å²) in [5.41, 5.74) is 0.406. The fourth-order valence-corrected chi connectivity index (χ4v) is 3.06. The van der Waals surface area contributed by atoms with Crippen LogP contribution in [0.4, 0.5) is 4.79 Å². The lowest BCUT2D eigenvalue weighted by atomic mass is 10.2. The number of nitrogens with one attached hydrogen (secondary N) is 2. The third-order valence-corrected chi connectivity index (χ3v) is 4.40. The third kappa shape index (κ3) is 5.28. The maximum absolute atomic E-state index is 12.0. The van der Waals surface area contributed by atoms with Gasteiger partial charge in [-0.25, -0.2) is 9.59 Å². The monoisotopic (exact) mass is 336 g/mol. The Bertz CT molecular complexity index is 585. The first-order chi connectivity index (χ1) is 11.1. The highest BCUT2D eigenvalue weighted by Crippen LogP contribution is 2.20. The van der Waals surface area contributed by atoms with Crippen molar-refractivity contribution in [2.45, 2.75) is 36.6 Å². The molecule has 2 N–H and O–H groups in total. The van der Waals surface area contributed by atoms with Gasteiger partial charge in [-0.1, -0.05) is 25.0 Å². The largest absolute Gasteiger partial charge is 0.452 e. The van der Waals surface area contributed by atoms with Gasteiger partial charge in [0.25, 0.3) is 5.91 Å². The van der Waals surface area contributed by atoms with Crippen molar-refractivity contribution in [1.82, 2.24) is 10.6 Å². The summed E-state index contributed by atoms with van der Waals surface area (Å²) in [6.07, 6.45) is 5.90. The molecule has 3 amide bonds. The van der Waals surface area contributed by atoms with Crippen molar-refractivity contribution in [3.63, 3.8) is 0 Å². The molecule has 0 bridgehead atoms. The average Bonchev–Trinajstić information content (AvgIpc) is 3.05. The van der Waals surface area contributed by atoms with Crippen molar-refractivity contribution in [3.05, 3.63) is 29.8 Å². The van der Waals surface area contributed by atoms with Crippen LogP contribution in [0.5, 0.6) is 0 Å². The normalized spacial score (nSPS) is 14.3. The van der Waals surface area contributed by atoms with E-state index in [4.69, 9.17) is 4.74 Å². The molecule has 0 saturated heterocycles. The van der Waals surface area contributed by atoms with Gasteiger partial charge in [0.1, 0.15) is 0 Å². The van der Waals surface area contributed by atoms with Crippen LogP contribution in [0.3, 0.4) is 0 Å². The van der Waals surface area contributed by atoms with Crippen molar-refractivity contribution in [1.29, 1.82) is 0 Å². The highest BCUT2D eigenvalue weighted by Gasteiger charge is 2.19. The molecule has 0 aromatic heterocycles. The fourth-order valence-electron chi connectivity index (χ4n) is 2.48. The number of ether oxygens (including phenoxy) is 1. The second-order valence-electron chi connectivity index (χ2n) is 5.28. The first-order valence-electron chi connectivity index (χ1n) is 7.50. The van der Waals surface area contributed by atoms with Gasteiger partial charge in [-0.15, -0.1) is 11.8 Å². The minimum atomic E-state index is -0.643. The topological polar surface area (TPSA) is 84.5 Å². The second kappa shape index (κ2) is 8.57. The predicted octanol–water partition coefficient (Wildman–Crippen LogP) is 2.33. The Morgan fingerprint density at radius 1 is 1.22 bits per heavy atom. The molecule has 23 heavy (non-hydrogen) atoms. The molecule has 0 spiro atoms. The van der Waals surface area contributed by atoms with E-state index in [9.17, 15) is 14.4 Å². The number of urea groups is 1. The molecule has 2 rings (SSSR count). The number of carbonyl (C=O) groups is 3. The van der Waals surface area contributed by atoms with Crippen LogP contribution in [0.25, 0.3) is 0 Å². The molecular weight excluding hydrogens is 316 g/mol. The van der Waals surface area contributed by atoms with Gasteiger partial charge in [0.15, 0.2) is 6.61 Å². The first kappa shape index (κ1) is 17.3. The van der Waals surface area contributed by atoms with Gasteiger partial charge in [-0.2, -0.15) is 0 Å². The standard InChI is InChI=1S/C16H20N2O4S/c1-23-13-9-5-4-8-12(13)15(20)22-10-14(19)18-16(21)17-11-6-2-3-7-11/h4-5,8-9,11H,2-3,6-7,10H2,1H3,(H2,17,18,19,21). The molecule has 1 saturated carbocycles. The molecule has 1 fully saturated rings. The Balaban J connectivity index is 1.77. The lowest BCUT2D eigenvalue weighted by Gasteiger charge is -2.12. The van der Waals surface area contributed by atoms with Crippen LogP contribution in [-0.4, -0.2) is 36.8 Å². The second-order valence-corrected chi connectivity index (χ2v) is 6.13. The minimum absolute atomic E-state index is 0.124. The van der Waals surface area contributed by atoms with E-state index in [1.165, 1.54) is 11.8 Å². The number of hydrogen-bond acceptors (Lipinski definition) is 5. The lowest BCUT2D eigenvalue weighted by Crippen LogP contribution is -2.45. The van der Waals surface area contributed by atoms with E-state index in [2.05, 4.69) is 10.6 Å². The van der Waals surface area contributed by atoms with Crippen molar-refractivity contribution < 1.29 is 19.1 Å². The Morgan fingerprint density at radius 2 is 1.91 bits per heavy atom. The molecule has 1 aromatic rings. The van der Waals surface area contributed by atoms with Crippen LogP contribution >= 0.6 is 11.8 Å². The van der Waals surface area contributed by atoms with E-state index in [0.717, 1.165) is 30.6 Å². The molecule has 124 valence electrons. The molecule has 0 aliphatic heterocycles. The van der Waals surface area contributed by atoms with E-state index in [1.54, 1.807) is 18.2 Å². The average molecular weight is 336 g/mol. The number of esters is 1. The van der Waals surface area contributed by atoms with E-state index in [0.29, 0.717) is 5.56 Å². The summed E-state index contributed by atoms with van der Waals surface area (Å²) < 4.78 is 4.96. The summed E-state index contributed by atoms with van der Waals surface area (Å²) in [5.74, 6) is -1.23. The summed E-state index contributed by atoms with van der Waals surface area (Å²) in [5, 5.41) is 4.90. The van der Waals surface area contributed by atoms with Gasteiger partial charge in [0.05, 0.1) is 5.56 Å².